The lowest BCUT2D eigenvalue weighted by Gasteiger charge is -2.30. The average molecular weight is 346 g/mol. The van der Waals surface area contributed by atoms with Crippen molar-refractivity contribution in [3.05, 3.63) is 72.4 Å². The zero-order valence-electron chi connectivity index (χ0n) is 14.9. The topological polar surface area (TPSA) is 34.6 Å². The van der Waals surface area contributed by atoms with Gasteiger partial charge in [0.1, 0.15) is 0 Å². The molecule has 1 saturated heterocycles. The molecule has 132 valence electrons. The van der Waals surface area contributed by atoms with E-state index >= 15 is 0 Å². The van der Waals surface area contributed by atoms with Crippen molar-refractivity contribution in [3.63, 3.8) is 0 Å². The lowest BCUT2D eigenvalue weighted by atomic mass is 10.1. The molecular weight excluding hydrogens is 324 g/mol. The molecule has 4 rings (SSSR count). The van der Waals surface area contributed by atoms with Gasteiger partial charge in [-0.1, -0.05) is 42.0 Å². The van der Waals surface area contributed by atoms with Gasteiger partial charge in [-0.2, -0.15) is 0 Å². The maximum atomic E-state index is 6.08. The number of hydrogen-bond acceptors (Lipinski definition) is 4. The summed E-state index contributed by atoms with van der Waals surface area (Å²) in [5, 5.41) is 0. The van der Waals surface area contributed by atoms with Crippen LogP contribution in [0, 0.1) is 6.92 Å². The minimum absolute atomic E-state index is 0.599. The Morgan fingerprint density at radius 1 is 0.885 bits per heavy atom. The number of para-hydroxylation sites is 2. The summed E-state index contributed by atoms with van der Waals surface area (Å²) in [5.74, 6) is 1.42. The zero-order valence-corrected chi connectivity index (χ0v) is 14.9. The smallest absolute Gasteiger partial charge is 0.219 e. The Hall–Kier alpha value is -2.85. The Balaban J connectivity index is 1.53. The molecular formula is C22H22N2O2. The first-order valence-corrected chi connectivity index (χ1v) is 8.92. The molecule has 0 aliphatic carbocycles. The predicted molar refractivity (Wildman–Crippen MR) is 104 cm³/mol. The molecule has 2 aromatic carbocycles. The molecule has 1 aromatic heterocycles. The maximum absolute atomic E-state index is 6.08. The normalized spacial score (nSPS) is 14.3. The molecule has 4 nitrogen and oxygen atoms in total. The third kappa shape index (κ3) is 3.70. The minimum atomic E-state index is 0.599. The fourth-order valence-corrected chi connectivity index (χ4v) is 3.08. The number of rotatable bonds is 4. The van der Waals surface area contributed by atoms with Crippen molar-refractivity contribution in [1.29, 1.82) is 0 Å². The monoisotopic (exact) mass is 346 g/mol. The molecule has 0 N–H and O–H groups in total. The highest BCUT2D eigenvalue weighted by atomic mass is 16.5. The summed E-state index contributed by atoms with van der Waals surface area (Å²) in [4.78, 5) is 6.78. The van der Waals surface area contributed by atoms with Gasteiger partial charge in [0, 0.05) is 30.9 Å². The standard InChI is InChI=1S/C22H22N2O2/c1-17-6-8-18(9-7-17)19-10-11-22(23-16-19)26-21-5-3-2-4-20(21)24-12-14-25-15-13-24/h2-11,16H,12-15H2,1H3. The number of aryl methyl sites for hydroxylation is 1. The van der Waals surface area contributed by atoms with E-state index in [1.807, 2.05) is 36.5 Å². The Morgan fingerprint density at radius 2 is 1.62 bits per heavy atom. The molecule has 0 bridgehead atoms. The third-order valence-corrected chi connectivity index (χ3v) is 4.55. The van der Waals surface area contributed by atoms with Gasteiger partial charge in [-0.05, 0) is 30.7 Å². The van der Waals surface area contributed by atoms with Crippen molar-refractivity contribution in [2.75, 3.05) is 31.2 Å². The second-order valence-corrected chi connectivity index (χ2v) is 6.42. The van der Waals surface area contributed by atoms with Gasteiger partial charge in [0.05, 0.1) is 18.9 Å². The van der Waals surface area contributed by atoms with E-state index < -0.39 is 0 Å². The number of morpholine rings is 1. The quantitative estimate of drug-likeness (QED) is 0.687. The van der Waals surface area contributed by atoms with E-state index in [4.69, 9.17) is 9.47 Å². The molecule has 1 aliphatic rings. The SMILES string of the molecule is Cc1ccc(-c2ccc(Oc3ccccc3N3CCOCC3)nc2)cc1. The van der Waals surface area contributed by atoms with Crippen LogP contribution >= 0.6 is 0 Å². The average Bonchev–Trinajstić information content (AvgIpc) is 2.70. The molecule has 2 heterocycles. The van der Waals surface area contributed by atoms with E-state index in [0.29, 0.717) is 5.88 Å². The van der Waals surface area contributed by atoms with E-state index in [2.05, 4.69) is 47.1 Å². The van der Waals surface area contributed by atoms with Crippen LogP contribution in [0.15, 0.2) is 66.9 Å². The van der Waals surface area contributed by atoms with Crippen molar-refractivity contribution in [1.82, 2.24) is 4.98 Å². The summed E-state index contributed by atoms with van der Waals surface area (Å²) in [7, 11) is 0. The van der Waals surface area contributed by atoms with Crippen LogP contribution in [0.3, 0.4) is 0 Å². The Kier molecular flexibility index (Phi) is 4.84. The van der Waals surface area contributed by atoms with E-state index in [9.17, 15) is 0 Å². The van der Waals surface area contributed by atoms with Gasteiger partial charge >= 0.3 is 0 Å². The summed E-state index contributed by atoms with van der Waals surface area (Å²) in [6, 6.07) is 20.5. The van der Waals surface area contributed by atoms with Crippen LogP contribution in [0.2, 0.25) is 0 Å². The number of ether oxygens (including phenoxy) is 2. The van der Waals surface area contributed by atoms with Gasteiger partial charge in [0.25, 0.3) is 0 Å². The minimum Gasteiger partial charge on any atom is -0.437 e. The van der Waals surface area contributed by atoms with Crippen LogP contribution in [0.1, 0.15) is 5.56 Å². The van der Waals surface area contributed by atoms with Gasteiger partial charge < -0.3 is 14.4 Å². The largest absolute Gasteiger partial charge is 0.437 e. The van der Waals surface area contributed by atoms with Gasteiger partial charge in [-0.3, -0.25) is 0 Å². The van der Waals surface area contributed by atoms with Gasteiger partial charge in [-0.15, -0.1) is 0 Å². The summed E-state index contributed by atoms with van der Waals surface area (Å²) in [5.41, 5.74) is 4.57. The summed E-state index contributed by atoms with van der Waals surface area (Å²) in [6.45, 7) is 5.33. The Bertz CT molecular complexity index is 854. The molecule has 26 heavy (non-hydrogen) atoms. The van der Waals surface area contributed by atoms with Crippen LogP contribution in [0.5, 0.6) is 11.6 Å². The molecule has 3 aromatic rings. The van der Waals surface area contributed by atoms with Crippen LogP contribution in [-0.4, -0.2) is 31.3 Å². The molecule has 0 radical (unpaired) electrons. The first-order valence-electron chi connectivity index (χ1n) is 8.92. The summed E-state index contributed by atoms with van der Waals surface area (Å²) >= 11 is 0. The fraction of sp³-hybridized carbons (Fsp3) is 0.227. The van der Waals surface area contributed by atoms with E-state index in [0.717, 1.165) is 48.9 Å². The molecule has 0 saturated carbocycles. The molecule has 1 fully saturated rings. The first kappa shape index (κ1) is 16.6. The molecule has 0 amide bonds. The zero-order chi connectivity index (χ0) is 17.8. The second kappa shape index (κ2) is 7.58. The lowest BCUT2D eigenvalue weighted by molar-refractivity contribution is 0.122. The summed E-state index contributed by atoms with van der Waals surface area (Å²) in [6.07, 6.45) is 1.86. The third-order valence-electron chi connectivity index (χ3n) is 4.55. The van der Waals surface area contributed by atoms with E-state index in [1.165, 1.54) is 5.56 Å². The van der Waals surface area contributed by atoms with Crippen molar-refractivity contribution in [2.24, 2.45) is 0 Å². The van der Waals surface area contributed by atoms with Gasteiger partial charge in [0.15, 0.2) is 5.75 Å². The van der Waals surface area contributed by atoms with Crippen molar-refractivity contribution in [2.45, 2.75) is 6.92 Å². The highest BCUT2D eigenvalue weighted by Gasteiger charge is 2.15. The van der Waals surface area contributed by atoms with Crippen LogP contribution < -0.4 is 9.64 Å². The predicted octanol–water partition coefficient (Wildman–Crippen LogP) is 4.69. The highest BCUT2D eigenvalue weighted by Crippen LogP contribution is 2.32. The Morgan fingerprint density at radius 3 is 2.35 bits per heavy atom. The maximum Gasteiger partial charge on any atom is 0.219 e. The van der Waals surface area contributed by atoms with E-state index in [-0.39, 0.29) is 0 Å². The number of nitrogens with zero attached hydrogens (tertiary/aromatic N) is 2. The molecule has 4 heteroatoms. The fourth-order valence-electron chi connectivity index (χ4n) is 3.08. The number of aromatic nitrogens is 1. The number of hydrogen-bond donors (Lipinski definition) is 0. The number of pyridine rings is 1. The number of anilines is 1. The van der Waals surface area contributed by atoms with Gasteiger partial charge in [0.2, 0.25) is 5.88 Å². The molecule has 0 unspecified atom stereocenters. The molecule has 0 atom stereocenters. The first-order chi connectivity index (χ1) is 12.8. The van der Waals surface area contributed by atoms with Crippen molar-refractivity contribution < 1.29 is 9.47 Å². The highest BCUT2D eigenvalue weighted by molar-refractivity contribution is 5.63. The van der Waals surface area contributed by atoms with Crippen LogP contribution in [-0.2, 0) is 4.74 Å². The van der Waals surface area contributed by atoms with Crippen molar-refractivity contribution >= 4 is 5.69 Å². The molecule has 0 spiro atoms. The number of benzene rings is 2. The van der Waals surface area contributed by atoms with Gasteiger partial charge in [-0.25, -0.2) is 4.98 Å². The molecule has 1 aliphatic heterocycles. The second-order valence-electron chi connectivity index (χ2n) is 6.42. The van der Waals surface area contributed by atoms with Crippen LogP contribution in [0.4, 0.5) is 5.69 Å². The lowest BCUT2D eigenvalue weighted by Crippen LogP contribution is -2.36. The summed E-state index contributed by atoms with van der Waals surface area (Å²) < 4.78 is 11.5. The van der Waals surface area contributed by atoms with E-state index in [1.54, 1.807) is 0 Å². The van der Waals surface area contributed by atoms with Crippen LogP contribution in [0.25, 0.3) is 11.1 Å². The van der Waals surface area contributed by atoms with Crippen molar-refractivity contribution in [3.8, 4) is 22.8 Å². The Labute approximate surface area is 154 Å².